The Morgan fingerprint density at radius 3 is 2.18 bits per heavy atom. The summed E-state index contributed by atoms with van der Waals surface area (Å²) in [6.45, 7) is 7.05. The third kappa shape index (κ3) is 7.83. The summed E-state index contributed by atoms with van der Waals surface area (Å²) in [7, 11) is -4.13. The highest BCUT2D eigenvalue weighted by atomic mass is 35.5. The standard InChI is InChI=1S/C30H36ClN3O4S/c1-5-23(3)32-30(36)24(4)33(19-18-25-12-8-6-9-13-25)29(35)21-34(28-20-26(31)17-16-22(28)2)39(37,38)27-14-10-7-11-15-27/h6-17,20,23-24H,5,18-19,21H2,1-4H3,(H,32,36)/t23-,24-/m1/s1. The molecule has 0 bridgehead atoms. The molecule has 3 aromatic rings. The molecule has 0 aliphatic rings. The molecule has 0 fully saturated rings. The number of sulfonamides is 1. The van der Waals surface area contributed by atoms with Crippen molar-refractivity contribution in [3.8, 4) is 0 Å². The van der Waals surface area contributed by atoms with Crippen LogP contribution < -0.4 is 9.62 Å². The van der Waals surface area contributed by atoms with Gasteiger partial charge in [-0.3, -0.25) is 13.9 Å². The van der Waals surface area contributed by atoms with Crippen molar-refractivity contribution in [2.24, 2.45) is 0 Å². The molecular weight excluding hydrogens is 534 g/mol. The summed E-state index contributed by atoms with van der Waals surface area (Å²) >= 11 is 6.26. The van der Waals surface area contributed by atoms with Crippen LogP contribution in [0.2, 0.25) is 5.02 Å². The summed E-state index contributed by atoms with van der Waals surface area (Å²) in [5.41, 5.74) is 1.95. The number of amides is 2. The minimum Gasteiger partial charge on any atom is -0.352 e. The van der Waals surface area contributed by atoms with Crippen LogP contribution in [-0.4, -0.2) is 50.3 Å². The number of anilines is 1. The van der Waals surface area contributed by atoms with Crippen LogP contribution in [0.4, 0.5) is 5.69 Å². The highest BCUT2D eigenvalue weighted by molar-refractivity contribution is 7.92. The quantitative estimate of drug-likeness (QED) is 0.324. The molecule has 0 spiro atoms. The number of carbonyl (C=O) groups excluding carboxylic acids is 2. The summed E-state index contributed by atoms with van der Waals surface area (Å²) in [6, 6.07) is 21.7. The molecule has 9 heteroatoms. The van der Waals surface area contributed by atoms with E-state index in [0.717, 1.165) is 16.3 Å². The van der Waals surface area contributed by atoms with E-state index < -0.39 is 28.5 Å². The second kappa shape index (κ2) is 13.6. The molecule has 2 amide bonds. The summed E-state index contributed by atoms with van der Waals surface area (Å²) in [4.78, 5) is 28.5. The van der Waals surface area contributed by atoms with Gasteiger partial charge in [-0.25, -0.2) is 8.42 Å². The van der Waals surface area contributed by atoms with Gasteiger partial charge in [0.2, 0.25) is 11.8 Å². The Balaban J connectivity index is 2.00. The van der Waals surface area contributed by atoms with E-state index in [-0.39, 0.29) is 23.4 Å². The first-order chi connectivity index (χ1) is 18.5. The molecule has 0 radical (unpaired) electrons. The van der Waals surface area contributed by atoms with Gasteiger partial charge >= 0.3 is 0 Å². The maximum atomic E-state index is 13.9. The van der Waals surface area contributed by atoms with Crippen molar-refractivity contribution < 1.29 is 18.0 Å². The lowest BCUT2D eigenvalue weighted by molar-refractivity contribution is -0.139. The van der Waals surface area contributed by atoms with E-state index in [1.165, 1.54) is 23.1 Å². The highest BCUT2D eigenvalue weighted by Crippen LogP contribution is 2.29. The van der Waals surface area contributed by atoms with E-state index in [1.807, 2.05) is 44.2 Å². The van der Waals surface area contributed by atoms with Crippen LogP contribution in [0.3, 0.4) is 0 Å². The Kier molecular flexibility index (Phi) is 10.5. The molecule has 0 unspecified atom stereocenters. The largest absolute Gasteiger partial charge is 0.352 e. The lowest BCUT2D eigenvalue weighted by atomic mass is 10.1. The van der Waals surface area contributed by atoms with Crippen LogP contribution in [-0.2, 0) is 26.0 Å². The Bertz CT molecular complexity index is 1370. The van der Waals surface area contributed by atoms with Crippen molar-refractivity contribution >= 4 is 39.1 Å². The fourth-order valence-electron chi connectivity index (χ4n) is 4.12. The van der Waals surface area contributed by atoms with Gasteiger partial charge in [0.25, 0.3) is 10.0 Å². The van der Waals surface area contributed by atoms with Crippen LogP contribution >= 0.6 is 11.6 Å². The van der Waals surface area contributed by atoms with Gasteiger partial charge in [-0.2, -0.15) is 0 Å². The zero-order chi connectivity index (χ0) is 28.6. The van der Waals surface area contributed by atoms with Crippen molar-refractivity contribution in [1.29, 1.82) is 0 Å². The number of nitrogens with one attached hydrogen (secondary N) is 1. The second-order valence-electron chi connectivity index (χ2n) is 9.57. The van der Waals surface area contributed by atoms with Gasteiger partial charge in [0.05, 0.1) is 10.6 Å². The average molecular weight is 570 g/mol. The molecule has 208 valence electrons. The molecule has 0 saturated heterocycles. The van der Waals surface area contributed by atoms with Crippen molar-refractivity contribution in [1.82, 2.24) is 10.2 Å². The number of hydrogen-bond donors (Lipinski definition) is 1. The van der Waals surface area contributed by atoms with Crippen LogP contribution in [0.15, 0.2) is 83.8 Å². The second-order valence-corrected chi connectivity index (χ2v) is 11.9. The Morgan fingerprint density at radius 2 is 1.56 bits per heavy atom. The third-order valence-corrected chi connectivity index (χ3v) is 8.71. The fourth-order valence-corrected chi connectivity index (χ4v) is 5.78. The van der Waals surface area contributed by atoms with Crippen molar-refractivity contribution in [3.05, 3.63) is 95.0 Å². The molecule has 3 rings (SSSR count). The molecular formula is C30H36ClN3O4S. The molecule has 0 saturated carbocycles. The Hall–Kier alpha value is -3.36. The van der Waals surface area contributed by atoms with E-state index in [9.17, 15) is 18.0 Å². The number of hydrogen-bond acceptors (Lipinski definition) is 4. The molecule has 1 N–H and O–H groups in total. The Labute approximate surface area is 236 Å². The van der Waals surface area contributed by atoms with Crippen LogP contribution in [0.5, 0.6) is 0 Å². The van der Waals surface area contributed by atoms with Gasteiger partial charge < -0.3 is 10.2 Å². The molecule has 39 heavy (non-hydrogen) atoms. The first kappa shape index (κ1) is 30.2. The molecule has 0 aliphatic carbocycles. The number of aryl methyl sites for hydroxylation is 1. The van der Waals surface area contributed by atoms with Gasteiger partial charge in [-0.15, -0.1) is 0 Å². The van der Waals surface area contributed by atoms with E-state index in [1.54, 1.807) is 44.2 Å². The van der Waals surface area contributed by atoms with Gasteiger partial charge in [0, 0.05) is 17.6 Å². The summed E-state index contributed by atoms with van der Waals surface area (Å²) < 4.78 is 28.8. The van der Waals surface area contributed by atoms with E-state index in [2.05, 4.69) is 5.32 Å². The zero-order valence-corrected chi connectivity index (χ0v) is 24.4. The molecule has 0 heterocycles. The van der Waals surface area contributed by atoms with Gasteiger partial charge in [-0.1, -0.05) is 73.1 Å². The zero-order valence-electron chi connectivity index (χ0n) is 22.8. The number of benzene rings is 3. The van der Waals surface area contributed by atoms with E-state index in [4.69, 9.17) is 11.6 Å². The SMILES string of the molecule is CC[C@@H](C)NC(=O)[C@@H](C)N(CCc1ccccc1)C(=O)CN(c1cc(Cl)ccc1C)S(=O)(=O)c1ccccc1. The number of carbonyl (C=O) groups is 2. The average Bonchev–Trinajstić information content (AvgIpc) is 2.94. The van der Waals surface area contributed by atoms with E-state index in [0.29, 0.717) is 22.7 Å². The number of rotatable bonds is 12. The Morgan fingerprint density at radius 1 is 0.949 bits per heavy atom. The first-order valence-electron chi connectivity index (χ1n) is 13.0. The number of nitrogens with zero attached hydrogens (tertiary/aromatic N) is 2. The maximum absolute atomic E-state index is 13.9. The minimum atomic E-state index is -4.13. The smallest absolute Gasteiger partial charge is 0.264 e. The lowest BCUT2D eigenvalue weighted by Gasteiger charge is -2.33. The van der Waals surface area contributed by atoms with Crippen molar-refractivity contribution in [2.75, 3.05) is 17.4 Å². The minimum absolute atomic E-state index is 0.0515. The summed E-state index contributed by atoms with van der Waals surface area (Å²) in [5.74, 6) is -0.779. The normalized spacial score (nSPS) is 12.8. The van der Waals surface area contributed by atoms with E-state index >= 15 is 0 Å². The van der Waals surface area contributed by atoms with Crippen molar-refractivity contribution in [3.63, 3.8) is 0 Å². The van der Waals surface area contributed by atoms with Gasteiger partial charge in [-0.05, 0) is 69.0 Å². The van der Waals surface area contributed by atoms with Crippen molar-refractivity contribution in [2.45, 2.75) is 57.5 Å². The van der Waals surface area contributed by atoms with Gasteiger partial charge in [0.1, 0.15) is 12.6 Å². The summed E-state index contributed by atoms with van der Waals surface area (Å²) in [6.07, 6.45) is 1.25. The van der Waals surface area contributed by atoms with Crippen LogP contribution in [0.1, 0.15) is 38.3 Å². The molecule has 0 aliphatic heterocycles. The first-order valence-corrected chi connectivity index (χ1v) is 14.8. The molecule has 7 nitrogen and oxygen atoms in total. The summed E-state index contributed by atoms with van der Waals surface area (Å²) in [5, 5.41) is 3.28. The predicted octanol–water partition coefficient (Wildman–Crippen LogP) is 5.22. The monoisotopic (exact) mass is 569 g/mol. The van der Waals surface area contributed by atoms with Crippen LogP contribution in [0, 0.1) is 6.92 Å². The lowest BCUT2D eigenvalue weighted by Crippen LogP contribution is -2.53. The molecule has 2 atom stereocenters. The topological polar surface area (TPSA) is 86.8 Å². The fraction of sp³-hybridized carbons (Fsp3) is 0.333. The highest BCUT2D eigenvalue weighted by Gasteiger charge is 2.33. The maximum Gasteiger partial charge on any atom is 0.264 e. The predicted molar refractivity (Wildman–Crippen MR) is 156 cm³/mol. The third-order valence-electron chi connectivity index (χ3n) is 6.70. The van der Waals surface area contributed by atoms with Gasteiger partial charge in [0.15, 0.2) is 0 Å². The molecule has 3 aromatic carbocycles. The van der Waals surface area contributed by atoms with Crippen LogP contribution in [0.25, 0.3) is 0 Å². The number of halogens is 1. The molecule has 0 aromatic heterocycles.